The molecule has 0 atom stereocenters. The zero-order valence-electron chi connectivity index (χ0n) is 9.15. The summed E-state index contributed by atoms with van der Waals surface area (Å²) in [6, 6.07) is 4.30. The Balaban J connectivity index is 2.24. The van der Waals surface area contributed by atoms with Crippen molar-refractivity contribution in [3.05, 3.63) is 28.8 Å². The Morgan fingerprint density at radius 1 is 1.41 bits per heavy atom. The highest BCUT2D eigenvalue weighted by Crippen LogP contribution is 2.23. The van der Waals surface area contributed by atoms with Crippen LogP contribution in [0.25, 0.3) is 0 Å². The molecule has 5 heteroatoms. The van der Waals surface area contributed by atoms with Crippen molar-refractivity contribution in [2.45, 2.75) is 12.8 Å². The first-order chi connectivity index (χ1) is 8.08. The van der Waals surface area contributed by atoms with Crippen molar-refractivity contribution < 1.29 is 14.7 Å². The van der Waals surface area contributed by atoms with Crippen LogP contribution in [-0.2, 0) is 4.79 Å². The topological polar surface area (TPSA) is 57.6 Å². The van der Waals surface area contributed by atoms with Crippen molar-refractivity contribution in [3.8, 4) is 5.75 Å². The molecule has 1 heterocycles. The first-order valence-electron chi connectivity index (χ1n) is 5.37. The first-order valence-corrected chi connectivity index (χ1v) is 5.75. The number of hydrogen-bond donors (Lipinski definition) is 1. The van der Waals surface area contributed by atoms with Crippen molar-refractivity contribution in [2.24, 2.45) is 0 Å². The molecule has 0 aromatic heterocycles. The number of Topliss-reactive ketones (excluding diaryl/α,β-unsaturated/α-hetero) is 1. The summed E-state index contributed by atoms with van der Waals surface area (Å²) in [5, 5.41) is 9.99. The van der Waals surface area contributed by atoms with E-state index in [1.54, 1.807) is 0 Å². The van der Waals surface area contributed by atoms with Gasteiger partial charge in [0.1, 0.15) is 5.75 Å². The summed E-state index contributed by atoms with van der Waals surface area (Å²) in [6.45, 7) is 0.654. The molecule has 0 spiro atoms. The maximum Gasteiger partial charge on any atom is 0.258 e. The van der Waals surface area contributed by atoms with Gasteiger partial charge in [0.15, 0.2) is 5.78 Å². The minimum absolute atomic E-state index is 0.0473. The molecule has 0 bridgehead atoms. The third-order valence-corrected chi connectivity index (χ3v) is 2.96. The van der Waals surface area contributed by atoms with E-state index in [-0.39, 0.29) is 29.5 Å². The van der Waals surface area contributed by atoms with Crippen molar-refractivity contribution in [1.29, 1.82) is 0 Å². The zero-order valence-corrected chi connectivity index (χ0v) is 9.91. The summed E-state index contributed by atoms with van der Waals surface area (Å²) in [7, 11) is 0. The number of phenolic OH excluding ortho intramolecular Hbond substituents is 1. The quantitative estimate of drug-likeness (QED) is 0.831. The fourth-order valence-corrected chi connectivity index (χ4v) is 2.03. The van der Waals surface area contributed by atoms with Crippen LogP contribution in [0.3, 0.4) is 0 Å². The molecule has 1 N–H and O–H groups in total. The first kappa shape index (κ1) is 11.9. The van der Waals surface area contributed by atoms with Gasteiger partial charge in [0, 0.05) is 18.0 Å². The number of carbonyl (C=O) groups excluding carboxylic acids is 2. The normalized spacial score (nSPS) is 16.1. The molecule has 1 aliphatic rings. The van der Waals surface area contributed by atoms with Crippen molar-refractivity contribution in [2.75, 3.05) is 13.1 Å². The number of halogens is 1. The van der Waals surface area contributed by atoms with Crippen molar-refractivity contribution in [1.82, 2.24) is 4.90 Å². The molecule has 0 saturated carbocycles. The number of likely N-dealkylation sites (tertiary alicyclic amines) is 1. The van der Waals surface area contributed by atoms with Gasteiger partial charge in [-0.05, 0) is 24.6 Å². The van der Waals surface area contributed by atoms with E-state index in [0.29, 0.717) is 24.4 Å². The second-order valence-corrected chi connectivity index (χ2v) is 4.47. The number of amides is 1. The fourth-order valence-electron chi connectivity index (χ4n) is 1.86. The van der Waals surface area contributed by atoms with Crippen LogP contribution in [0.1, 0.15) is 23.2 Å². The predicted molar refractivity (Wildman–Crippen MR) is 63.3 cm³/mol. The van der Waals surface area contributed by atoms with Crippen LogP contribution in [0.15, 0.2) is 18.2 Å². The van der Waals surface area contributed by atoms with Gasteiger partial charge in [-0.15, -0.1) is 0 Å². The number of benzene rings is 1. The Bertz CT molecular complexity index is 473. The minimum Gasteiger partial charge on any atom is -0.507 e. The van der Waals surface area contributed by atoms with Gasteiger partial charge >= 0.3 is 0 Å². The van der Waals surface area contributed by atoms with E-state index < -0.39 is 0 Å². The van der Waals surface area contributed by atoms with E-state index in [1.165, 1.54) is 23.1 Å². The van der Waals surface area contributed by atoms with Crippen molar-refractivity contribution >= 4 is 23.3 Å². The van der Waals surface area contributed by atoms with Crippen LogP contribution in [-0.4, -0.2) is 34.8 Å². The van der Waals surface area contributed by atoms with Gasteiger partial charge < -0.3 is 10.0 Å². The molecule has 90 valence electrons. The molecule has 1 aliphatic heterocycles. The van der Waals surface area contributed by atoms with E-state index in [2.05, 4.69) is 0 Å². The number of nitrogens with zero attached hydrogens (tertiary/aromatic N) is 1. The third-order valence-electron chi connectivity index (χ3n) is 2.73. The van der Waals surface area contributed by atoms with Crippen LogP contribution in [0, 0.1) is 0 Å². The standard InChI is InChI=1S/C12H12ClNO3/c13-8-3-4-11(16)10(6-8)12(17)14-5-1-2-9(15)7-14/h3-4,6,16H,1-2,5,7H2. The molecule has 1 saturated heterocycles. The second-order valence-electron chi connectivity index (χ2n) is 4.03. The van der Waals surface area contributed by atoms with E-state index in [1.807, 2.05) is 0 Å². The molecule has 0 unspecified atom stereocenters. The average molecular weight is 254 g/mol. The summed E-state index contributed by atoms with van der Waals surface area (Å²) in [6.07, 6.45) is 1.19. The SMILES string of the molecule is O=C1CCCN(C(=O)c2cc(Cl)ccc2O)C1. The molecule has 1 amide bonds. The van der Waals surface area contributed by atoms with Gasteiger partial charge in [0.2, 0.25) is 0 Å². The maximum absolute atomic E-state index is 12.1. The molecular formula is C12H12ClNO3. The third kappa shape index (κ3) is 2.58. The molecule has 2 rings (SSSR count). The highest BCUT2D eigenvalue weighted by molar-refractivity contribution is 6.31. The highest BCUT2D eigenvalue weighted by atomic mass is 35.5. The summed E-state index contributed by atoms with van der Waals surface area (Å²) in [5.74, 6) is -0.415. The minimum atomic E-state index is -0.349. The summed E-state index contributed by atoms with van der Waals surface area (Å²) in [5.41, 5.74) is 0.146. The number of ketones is 1. The average Bonchev–Trinajstić information content (AvgIpc) is 2.31. The lowest BCUT2D eigenvalue weighted by Crippen LogP contribution is -2.40. The van der Waals surface area contributed by atoms with Crippen LogP contribution in [0.2, 0.25) is 5.02 Å². The number of hydrogen-bond acceptors (Lipinski definition) is 3. The summed E-state index contributed by atoms with van der Waals surface area (Å²) >= 11 is 5.78. The largest absolute Gasteiger partial charge is 0.507 e. The number of rotatable bonds is 1. The smallest absolute Gasteiger partial charge is 0.258 e. The lowest BCUT2D eigenvalue weighted by Gasteiger charge is -2.26. The van der Waals surface area contributed by atoms with Gasteiger partial charge in [0.05, 0.1) is 12.1 Å². The van der Waals surface area contributed by atoms with Crippen molar-refractivity contribution in [3.63, 3.8) is 0 Å². The van der Waals surface area contributed by atoms with Crippen LogP contribution >= 0.6 is 11.6 Å². The van der Waals surface area contributed by atoms with Crippen LogP contribution in [0.4, 0.5) is 0 Å². The lowest BCUT2D eigenvalue weighted by atomic mass is 10.1. The van der Waals surface area contributed by atoms with E-state index in [9.17, 15) is 14.7 Å². The number of aromatic hydroxyl groups is 1. The molecule has 1 fully saturated rings. The van der Waals surface area contributed by atoms with Gasteiger partial charge in [-0.3, -0.25) is 9.59 Å². The van der Waals surface area contributed by atoms with Crippen LogP contribution in [0.5, 0.6) is 5.75 Å². The molecule has 4 nitrogen and oxygen atoms in total. The van der Waals surface area contributed by atoms with E-state index >= 15 is 0 Å². The van der Waals surface area contributed by atoms with Gasteiger partial charge in [-0.25, -0.2) is 0 Å². The Morgan fingerprint density at radius 2 is 2.18 bits per heavy atom. The Kier molecular flexibility index (Phi) is 3.33. The van der Waals surface area contributed by atoms with E-state index in [0.717, 1.165) is 0 Å². The monoisotopic (exact) mass is 253 g/mol. The zero-order chi connectivity index (χ0) is 12.4. The van der Waals surface area contributed by atoms with E-state index in [4.69, 9.17) is 11.6 Å². The number of piperidine rings is 1. The number of phenols is 1. The Morgan fingerprint density at radius 3 is 2.88 bits per heavy atom. The molecular weight excluding hydrogens is 242 g/mol. The van der Waals surface area contributed by atoms with Crippen LogP contribution < -0.4 is 0 Å². The molecule has 1 aromatic carbocycles. The number of carbonyl (C=O) groups is 2. The Hall–Kier alpha value is -1.55. The summed E-state index contributed by atoms with van der Waals surface area (Å²) < 4.78 is 0. The highest BCUT2D eigenvalue weighted by Gasteiger charge is 2.24. The molecule has 0 radical (unpaired) electrons. The van der Waals surface area contributed by atoms with Gasteiger partial charge in [0.25, 0.3) is 5.91 Å². The lowest BCUT2D eigenvalue weighted by molar-refractivity contribution is -0.121. The predicted octanol–water partition coefficient (Wildman–Crippen LogP) is 1.85. The molecule has 1 aromatic rings. The molecule has 17 heavy (non-hydrogen) atoms. The fraction of sp³-hybridized carbons (Fsp3) is 0.333. The van der Waals surface area contributed by atoms with Gasteiger partial charge in [-0.1, -0.05) is 11.6 Å². The summed E-state index contributed by atoms with van der Waals surface area (Å²) in [4.78, 5) is 24.8. The molecule has 0 aliphatic carbocycles. The maximum atomic E-state index is 12.1. The second kappa shape index (κ2) is 4.75. The Labute approximate surface area is 104 Å². The van der Waals surface area contributed by atoms with Gasteiger partial charge in [-0.2, -0.15) is 0 Å².